The molecule has 2 saturated heterocycles. The van der Waals surface area contributed by atoms with Crippen molar-refractivity contribution < 1.29 is 18.8 Å². The molecule has 0 spiro atoms. The van der Waals surface area contributed by atoms with Crippen LogP contribution in [0.2, 0.25) is 0 Å². The Morgan fingerprint density at radius 2 is 1.91 bits per heavy atom. The monoisotopic (exact) mass is 323 g/mol. The molecule has 7 heteroatoms. The third-order valence-corrected chi connectivity index (χ3v) is 4.23. The van der Waals surface area contributed by atoms with Gasteiger partial charge >= 0.3 is 0 Å². The summed E-state index contributed by atoms with van der Waals surface area (Å²) in [6.45, 7) is 5.29. The molecule has 2 unspecified atom stereocenters. The number of aryl methyl sites for hydroxylation is 1. The number of ether oxygens (including phenoxy) is 2. The van der Waals surface area contributed by atoms with E-state index in [1.165, 1.54) is 0 Å². The van der Waals surface area contributed by atoms with Gasteiger partial charge in [0.1, 0.15) is 5.76 Å². The molecule has 0 saturated carbocycles. The Bertz CT molecular complexity index is 489. The Kier molecular flexibility index (Phi) is 5.64. The normalized spacial score (nSPS) is 24.4. The van der Waals surface area contributed by atoms with Gasteiger partial charge in [-0.3, -0.25) is 9.69 Å². The molecular formula is C16H25N3O4. The molecule has 1 N–H and O–H groups in total. The molecular weight excluding hydrogens is 298 g/mol. The van der Waals surface area contributed by atoms with Crippen LogP contribution in [0.1, 0.15) is 31.4 Å². The van der Waals surface area contributed by atoms with Gasteiger partial charge in [-0.1, -0.05) is 5.16 Å². The van der Waals surface area contributed by atoms with Crippen molar-refractivity contribution in [2.45, 2.75) is 44.8 Å². The van der Waals surface area contributed by atoms with E-state index in [2.05, 4.69) is 15.4 Å². The summed E-state index contributed by atoms with van der Waals surface area (Å²) in [5.74, 6) is 1.05. The first-order valence-corrected chi connectivity index (χ1v) is 8.38. The van der Waals surface area contributed by atoms with E-state index < -0.39 is 0 Å². The van der Waals surface area contributed by atoms with Gasteiger partial charge in [0.25, 0.3) is 0 Å². The van der Waals surface area contributed by atoms with Crippen molar-refractivity contribution in [1.29, 1.82) is 0 Å². The zero-order valence-electron chi connectivity index (χ0n) is 13.6. The second-order valence-electron chi connectivity index (χ2n) is 6.34. The Hall–Kier alpha value is -1.44. The Labute approximate surface area is 136 Å². The number of aromatic nitrogens is 1. The van der Waals surface area contributed by atoms with Crippen LogP contribution in [0.3, 0.4) is 0 Å². The molecule has 2 aliphatic rings. The second kappa shape index (κ2) is 7.90. The number of nitrogens with zero attached hydrogens (tertiary/aromatic N) is 2. The van der Waals surface area contributed by atoms with Gasteiger partial charge in [-0.15, -0.1) is 0 Å². The minimum absolute atomic E-state index is 0.0886. The number of nitrogens with one attached hydrogen (secondary N) is 1. The maximum absolute atomic E-state index is 12.3. The summed E-state index contributed by atoms with van der Waals surface area (Å²) < 4.78 is 16.4. The number of hydrogen-bond acceptors (Lipinski definition) is 6. The van der Waals surface area contributed by atoms with Crippen LogP contribution in [0.5, 0.6) is 0 Å². The van der Waals surface area contributed by atoms with Crippen molar-refractivity contribution in [3.8, 4) is 0 Å². The zero-order valence-corrected chi connectivity index (χ0v) is 13.6. The molecule has 2 atom stereocenters. The summed E-state index contributed by atoms with van der Waals surface area (Å²) >= 11 is 0. The molecule has 2 aliphatic heterocycles. The van der Waals surface area contributed by atoms with E-state index in [4.69, 9.17) is 14.0 Å². The first-order chi connectivity index (χ1) is 11.2. The summed E-state index contributed by atoms with van der Waals surface area (Å²) in [6, 6.07) is 1.71. The fourth-order valence-corrected chi connectivity index (χ4v) is 3.17. The first kappa shape index (κ1) is 16.4. The fourth-order valence-electron chi connectivity index (χ4n) is 3.17. The van der Waals surface area contributed by atoms with E-state index in [1.807, 2.05) is 0 Å². The van der Waals surface area contributed by atoms with E-state index in [0.29, 0.717) is 18.1 Å². The SMILES string of the molecule is Cc1cc(NC(=O)CN(CC2CCCO2)CC2CCCO2)no1. The number of anilines is 1. The van der Waals surface area contributed by atoms with Gasteiger partial charge < -0.3 is 19.3 Å². The molecule has 3 rings (SSSR count). The third-order valence-electron chi connectivity index (χ3n) is 4.23. The fraction of sp³-hybridized carbons (Fsp3) is 0.750. The van der Waals surface area contributed by atoms with Crippen LogP contribution < -0.4 is 5.32 Å². The van der Waals surface area contributed by atoms with Gasteiger partial charge in [0.05, 0.1) is 18.8 Å². The maximum atomic E-state index is 12.3. The van der Waals surface area contributed by atoms with Gasteiger partial charge in [0.15, 0.2) is 5.82 Å². The highest BCUT2D eigenvalue weighted by Gasteiger charge is 2.25. The lowest BCUT2D eigenvalue weighted by atomic mass is 10.2. The Morgan fingerprint density at radius 3 is 2.39 bits per heavy atom. The molecule has 0 radical (unpaired) electrons. The number of amides is 1. The number of carbonyl (C=O) groups excluding carboxylic acids is 1. The van der Waals surface area contributed by atoms with E-state index in [-0.39, 0.29) is 18.1 Å². The third kappa shape index (κ3) is 5.02. The van der Waals surface area contributed by atoms with Gasteiger partial charge in [0, 0.05) is 32.4 Å². The topological polar surface area (TPSA) is 76.8 Å². The molecule has 0 bridgehead atoms. The summed E-state index contributed by atoms with van der Waals surface area (Å²) in [7, 11) is 0. The predicted octanol–water partition coefficient (Wildman–Crippen LogP) is 1.58. The van der Waals surface area contributed by atoms with Crippen molar-refractivity contribution in [2.75, 3.05) is 38.2 Å². The van der Waals surface area contributed by atoms with Crippen molar-refractivity contribution in [3.05, 3.63) is 11.8 Å². The van der Waals surface area contributed by atoms with E-state index in [9.17, 15) is 4.79 Å². The largest absolute Gasteiger partial charge is 0.377 e. The standard InChI is InChI=1S/C16H25N3O4/c1-12-8-15(18-23-12)17-16(20)11-19(9-13-4-2-6-21-13)10-14-5-3-7-22-14/h8,13-14H,2-7,9-11H2,1H3,(H,17,18,20). The molecule has 128 valence electrons. The number of hydrogen-bond donors (Lipinski definition) is 1. The number of carbonyl (C=O) groups is 1. The summed E-state index contributed by atoms with van der Waals surface area (Å²) in [4.78, 5) is 14.4. The van der Waals surface area contributed by atoms with Gasteiger partial charge in [-0.2, -0.15) is 0 Å². The lowest BCUT2D eigenvalue weighted by molar-refractivity contribution is -0.118. The predicted molar refractivity (Wildman–Crippen MR) is 84.3 cm³/mol. The maximum Gasteiger partial charge on any atom is 0.239 e. The molecule has 1 aromatic rings. The zero-order chi connectivity index (χ0) is 16.1. The summed E-state index contributed by atoms with van der Waals surface area (Å²) in [6.07, 6.45) is 4.77. The Balaban J connectivity index is 1.53. The molecule has 7 nitrogen and oxygen atoms in total. The van der Waals surface area contributed by atoms with Crippen molar-refractivity contribution >= 4 is 11.7 Å². The van der Waals surface area contributed by atoms with Crippen LogP contribution in [0.15, 0.2) is 10.6 Å². The van der Waals surface area contributed by atoms with Crippen molar-refractivity contribution in [1.82, 2.24) is 10.1 Å². The van der Waals surface area contributed by atoms with E-state index >= 15 is 0 Å². The molecule has 0 aromatic carbocycles. The van der Waals surface area contributed by atoms with E-state index in [0.717, 1.165) is 52.0 Å². The lowest BCUT2D eigenvalue weighted by Gasteiger charge is -2.26. The molecule has 1 amide bonds. The molecule has 1 aromatic heterocycles. The second-order valence-corrected chi connectivity index (χ2v) is 6.34. The van der Waals surface area contributed by atoms with Gasteiger partial charge in [-0.25, -0.2) is 0 Å². The minimum Gasteiger partial charge on any atom is -0.377 e. The lowest BCUT2D eigenvalue weighted by Crippen LogP contribution is -2.42. The highest BCUT2D eigenvalue weighted by molar-refractivity contribution is 5.91. The van der Waals surface area contributed by atoms with Crippen LogP contribution in [0.4, 0.5) is 5.82 Å². The van der Waals surface area contributed by atoms with Crippen LogP contribution >= 0.6 is 0 Å². The average Bonchev–Trinajstić information content (AvgIpc) is 3.23. The van der Waals surface area contributed by atoms with Gasteiger partial charge in [0.2, 0.25) is 5.91 Å². The molecule has 2 fully saturated rings. The molecule has 3 heterocycles. The Morgan fingerprint density at radius 1 is 1.26 bits per heavy atom. The quantitative estimate of drug-likeness (QED) is 0.821. The average molecular weight is 323 g/mol. The minimum atomic E-state index is -0.0886. The van der Waals surface area contributed by atoms with E-state index in [1.54, 1.807) is 13.0 Å². The summed E-state index contributed by atoms with van der Waals surface area (Å²) in [5, 5.41) is 6.57. The van der Waals surface area contributed by atoms with Crippen LogP contribution in [0.25, 0.3) is 0 Å². The van der Waals surface area contributed by atoms with Gasteiger partial charge in [-0.05, 0) is 32.6 Å². The molecule has 0 aliphatic carbocycles. The highest BCUT2D eigenvalue weighted by atomic mass is 16.5. The van der Waals surface area contributed by atoms with Crippen LogP contribution in [0, 0.1) is 6.92 Å². The molecule has 23 heavy (non-hydrogen) atoms. The summed E-state index contributed by atoms with van der Waals surface area (Å²) in [5.41, 5.74) is 0. The van der Waals surface area contributed by atoms with Crippen molar-refractivity contribution in [2.24, 2.45) is 0 Å². The van der Waals surface area contributed by atoms with Crippen LogP contribution in [-0.4, -0.2) is 61.0 Å². The van der Waals surface area contributed by atoms with Crippen LogP contribution in [-0.2, 0) is 14.3 Å². The van der Waals surface area contributed by atoms with Crippen molar-refractivity contribution in [3.63, 3.8) is 0 Å². The number of rotatable bonds is 7. The smallest absolute Gasteiger partial charge is 0.239 e. The highest BCUT2D eigenvalue weighted by Crippen LogP contribution is 2.17. The first-order valence-electron chi connectivity index (χ1n) is 8.38.